The van der Waals surface area contributed by atoms with Crippen molar-refractivity contribution >= 4 is 5.97 Å². The van der Waals surface area contributed by atoms with Crippen LogP contribution in [0.15, 0.2) is 48.5 Å². The lowest BCUT2D eigenvalue weighted by molar-refractivity contribution is -0.145. The minimum Gasteiger partial charge on any atom is -0.497 e. The van der Waals surface area contributed by atoms with Crippen molar-refractivity contribution in [3.63, 3.8) is 0 Å². The number of ether oxygens (including phenoxy) is 2. The van der Waals surface area contributed by atoms with E-state index in [1.807, 2.05) is 44.2 Å². The van der Waals surface area contributed by atoms with Crippen LogP contribution < -0.4 is 9.47 Å². The Kier molecular flexibility index (Phi) is 3.55. The van der Waals surface area contributed by atoms with Gasteiger partial charge in [0.2, 0.25) is 0 Å². The first-order valence-corrected chi connectivity index (χ1v) is 7.55. The summed E-state index contributed by atoms with van der Waals surface area (Å²) in [5.74, 6) is 0.330. The van der Waals surface area contributed by atoms with Gasteiger partial charge in [0.1, 0.15) is 22.5 Å². The summed E-state index contributed by atoms with van der Waals surface area (Å²) in [6.45, 7) is 3.83. The van der Waals surface area contributed by atoms with E-state index >= 15 is 0 Å². The third-order valence-electron chi connectivity index (χ3n) is 4.36. The third kappa shape index (κ3) is 2.44. The topological polar surface area (TPSA) is 55.8 Å². The summed E-state index contributed by atoms with van der Waals surface area (Å²) in [7, 11) is 1.57. The molecule has 1 heterocycles. The summed E-state index contributed by atoms with van der Waals surface area (Å²) in [4.78, 5) is 12.4. The minimum atomic E-state index is -1.16. The molecule has 2 aromatic rings. The number of hydrogen-bond donors (Lipinski definition) is 1. The average Bonchev–Trinajstić information content (AvgIpc) is 2.53. The molecular formula is C19H20O4. The highest BCUT2D eigenvalue weighted by molar-refractivity contribution is 5.88. The zero-order valence-electron chi connectivity index (χ0n) is 13.5. The number of carboxylic acid groups (broad SMARTS) is 1. The van der Waals surface area contributed by atoms with Gasteiger partial charge >= 0.3 is 5.97 Å². The number of carboxylic acids is 1. The van der Waals surface area contributed by atoms with Gasteiger partial charge < -0.3 is 14.6 Å². The number of rotatable bonds is 3. The number of hydrogen-bond acceptors (Lipinski definition) is 3. The number of fused-ring (bicyclic) bond motifs is 1. The van der Waals surface area contributed by atoms with Crippen LogP contribution in [0.5, 0.6) is 11.5 Å². The number of methoxy groups -OCH3 is 1. The van der Waals surface area contributed by atoms with Crippen molar-refractivity contribution in [1.82, 2.24) is 0 Å². The van der Waals surface area contributed by atoms with Gasteiger partial charge in [0.25, 0.3) is 0 Å². The zero-order valence-corrected chi connectivity index (χ0v) is 13.5. The first kappa shape index (κ1) is 15.4. The van der Waals surface area contributed by atoms with E-state index in [1.54, 1.807) is 25.3 Å². The Morgan fingerprint density at radius 1 is 1.17 bits per heavy atom. The van der Waals surface area contributed by atoms with Gasteiger partial charge in [-0.25, -0.2) is 0 Å². The highest BCUT2D eigenvalue weighted by Crippen LogP contribution is 2.50. The van der Waals surface area contributed by atoms with Crippen molar-refractivity contribution in [2.24, 2.45) is 0 Å². The van der Waals surface area contributed by atoms with Crippen LogP contribution in [-0.2, 0) is 10.2 Å². The molecular weight excluding hydrogens is 292 g/mol. The molecule has 0 fully saturated rings. The van der Waals surface area contributed by atoms with Gasteiger partial charge in [0, 0.05) is 12.0 Å². The third-order valence-corrected chi connectivity index (χ3v) is 4.36. The van der Waals surface area contributed by atoms with Gasteiger partial charge in [-0.2, -0.15) is 0 Å². The maximum absolute atomic E-state index is 12.4. The second kappa shape index (κ2) is 5.30. The lowest BCUT2D eigenvalue weighted by atomic mass is 9.66. The van der Waals surface area contributed by atoms with Gasteiger partial charge in [0.05, 0.1) is 7.11 Å². The zero-order chi connectivity index (χ0) is 16.7. The Labute approximate surface area is 135 Å². The normalized spacial score (nSPS) is 21.9. The van der Waals surface area contributed by atoms with Crippen LogP contribution in [0.3, 0.4) is 0 Å². The molecule has 0 bridgehead atoms. The summed E-state index contributed by atoms with van der Waals surface area (Å²) >= 11 is 0. The minimum absolute atomic E-state index is 0.347. The summed E-state index contributed by atoms with van der Waals surface area (Å²) in [6.07, 6.45) is 0.347. The fraction of sp³-hybridized carbons (Fsp3) is 0.316. The Balaban J connectivity index is 2.33. The average molecular weight is 312 g/mol. The van der Waals surface area contributed by atoms with Gasteiger partial charge in [-0.1, -0.05) is 30.3 Å². The predicted molar refractivity (Wildman–Crippen MR) is 87.2 cm³/mol. The first-order chi connectivity index (χ1) is 10.9. The monoisotopic (exact) mass is 312 g/mol. The lowest BCUT2D eigenvalue weighted by Gasteiger charge is -2.44. The molecule has 4 nitrogen and oxygen atoms in total. The molecule has 1 atom stereocenters. The SMILES string of the molecule is COc1ccc2c(c1)C(C(=O)O)(c1ccccc1)CC(C)(C)O2. The molecule has 4 heteroatoms. The summed E-state index contributed by atoms with van der Waals surface area (Å²) in [6, 6.07) is 14.7. The molecule has 1 N–H and O–H groups in total. The molecule has 120 valence electrons. The van der Waals surface area contributed by atoms with E-state index in [-0.39, 0.29) is 0 Å². The summed E-state index contributed by atoms with van der Waals surface area (Å²) in [5, 5.41) is 10.2. The van der Waals surface area contributed by atoms with E-state index in [2.05, 4.69) is 0 Å². The van der Waals surface area contributed by atoms with Crippen LogP contribution in [0.2, 0.25) is 0 Å². The standard InChI is InChI=1S/C19H20O4/c1-18(2)12-19(17(20)21,13-7-5-4-6-8-13)15-11-14(22-3)9-10-16(15)23-18/h4-11H,12H2,1-3H3,(H,20,21). The fourth-order valence-corrected chi connectivity index (χ4v) is 3.42. The Hall–Kier alpha value is -2.49. The largest absolute Gasteiger partial charge is 0.497 e. The van der Waals surface area contributed by atoms with Crippen molar-refractivity contribution in [2.75, 3.05) is 7.11 Å². The molecule has 0 saturated carbocycles. The van der Waals surface area contributed by atoms with Crippen LogP contribution in [0, 0.1) is 0 Å². The smallest absolute Gasteiger partial charge is 0.318 e. The molecule has 0 radical (unpaired) electrons. The van der Waals surface area contributed by atoms with Crippen molar-refractivity contribution < 1.29 is 19.4 Å². The second-order valence-electron chi connectivity index (χ2n) is 6.48. The molecule has 1 aliphatic rings. The van der Waals surface area contributed by atoms with Crippen molar-refractivity contribution in [3.8, 4) is 11.5 Å². The Morgan fingerprint density at radius 2 is 1.87 bits per heavy atom. The second-order valence-corrected chi connectivity index (χ2v) is 6.48. The predicted octanol–water partition coefficient (Wildman–Crippen LogP) is 3.63. The molecule has 0 aliphatic carbocycles. The Bertz CT molecular complexity index is 736. The summed E-state index contributed by atoms with van der Waals surface area (Å²) < 4.78 is 11.3. The molecule has 3 rings (SSSR count). The molecule has 1 aliphatic heterocycles. The number of aliphatic carboxylic acids is 1. The van der Waals surface area contributed by atoms with E-state index in [0.717, 1.165) is 5.56 Å². The molecule has 1 unspecified atom stereocenters. The maximum Gasteiger partial charge on any atom is 0.318 e. The molecule has 23 heavy (non-hydrogen) atoms. The van der Waals surface area contributed by atoms with E-state index < -0.39 is 17.0 Å². The van der Waals surface area contributed by atoms with Crippen LogP contribution in [-0.4, -0.2) is 23.8 Å². The van der Waals surface area contributed by atoms with Crippen molar-refractivity contribution in [2.45, 2.75) is 31.3 Å². The first-order valence-electron chi connectivity index (χ1n) is 7.55. The van der Waals surface area contributed by atoms with E-state index in [0.29, 0.717) is 23.5 Å². The molecule has 0 aromatic heterocycles. The Morgan fingerprint density at radius 3 is 2.48 bits per heavy atom. The fourth-order valence-electron chi connectivity index (χ4n) is 3.42. The lowest BCUT2D eigenvalue weighted by Crippen LogP contribution is -2.49. The highest BCUT2D eigenvalue weighted by Gasteiger charge is 2.52. The van der Waals surface area contributed by atoms with Crippen LogP contribution >= 0.6 is 0 Å². The quantitative estimate of drug-likeness (QED) is 0.940. The molecule has 0 amide bonds. The highest BCUT2D eigenvalue weighted by atomic mass is 16.5. The van der Waals surface area contributed by atoms with Crippen molar-refractivity contribution in [3.05, 3.63) is 59.7 Å². The molecule has 2 aromatic carbocycles. The maximum atomic E-state index is 12.4. The number of carbonyl (C=O) groups is 1. The van der Waals surface area contributed by atoms with Gasteiger partial charge in [-0.15, -0.1) is 0 Å². The van der Waals surface area contributed by atoms with E-state index in [9.17, 15) is 9.90 Å². The van der Waals surface area contributed by atoms with Crippen molar-refractivity contribution in [1.29, 1.82) is 0 Å². The van der Waals surface area contributed by atoms with Crippen LogP contribution in [0.25, 0.3) is 0 Å². The van der Waals surface area contributed by atoms with Gasteiger partial charge in [-0.3, -0.25) is 4.79 Å². The summed E-state index contributed by atoms with van der Waals surface area (Å²) in [5.41, 5.74) is -0.365. The van der Waals surface area contributed by atoms with E-state index in [4.69, 9.17) is 9.47 Å². The number of benzene rings is 2. The molecule has 0 saturated heterocycles. The van der Waals surface area contributed by atoms with Crippen LogP contribution in [0.4, 0.5) is 0 Å². The van der Waals surface area contributed by atoms with E-state index in [1.165, 1.54) is 0 Å². The van der Waals surface area contributed by atoms with Crippen LogP contribution in [0.1, 0.15) is 31.4 Å². The van der Waals surface area contributed by atoms with Gasteiger partial charge in [-0.05, 0) is 37.6 Å². The molecule has 0 spiro atoms. The van der Waals surface area contributed by atoms with Gasteiger partial charge in [0.15, 0.2) is 0 Å².